The van der Waals surface area contributed by atoms with Crippen LogP contribution < -0.4 is 0 Å². The monoisotopic (exact) mass is 514 g/mol. The lowest BCUT2D eigenvalue weighted by Crippen LogP contribution is -1.91. The quantitative estimate of drug-likeness (QED) is 0.396. The van der Waals surface area contributed by atoms with Crippen LogP contribution in [-0.4, -0.2) is 0 Å². The SMILES string of the molecule is BrCc1cc(I)c(CBr)cc1I. The molecule has 66 valence electrons. The van der Waals surface area contributed by atoms with Crippen LogP contribution in [0.2, 0.25) is 0 Å². The maximum absolute atomic E-state index is 3.47. The fourth-order valence-electron chi connectivity index (χ4n) is 0.834. The number of alkyl halides is 2. The van der Waals surface area contributed by atoms with Crippen molar-refractivity contribution in [3.8, 4) is 0 Å². The van der Waals surface area contributed by atoms with Gasteiger partial charge in [0.05, 0.1) is 0 Å². The lowest BCUT2D eigenvalue weighted by atomic mass is 10.2. The molecule has 0 aromatic heterocycles. The molecule has 0 saturated heterocycles. The van der Waals surface area contributed by atoms with Gasteiger partial charge in [-0.2, -0.15) is 0 Å². The van der Waals surface area contributed by atoms with Gasteiger partial charge in [0.15, 0.2) is 0 Å². The van der Waals surface area contributed by atoms with Gasteiger partial charge >= 0.3 is 0 Å². The summed E-state index contributed by atoms with van der Waals surface area (Å²) in [7, 11) is 0. The highest BCUT2D eigenvalue weighted by atomic mass is 127. The molecule has 0 radical (unpaired) electrons. The van der Waals surface area contributed by atoms with E-state index in [9.17, 15) is 0 Å². The van der Waals surface area contributed by atoms with Gasteiger partial charge in [-0.05, 0) is 68.4 Å². The molecule has 1 aromatic rings. The fourth-order valence-corrected chi connectivity index (χ4v) is 4.25. The van der Waals surface area contributed by atoms with Crippen LogP contribution in [0.1, 0.15) is 11.1 Å². The average molecular weight is 516 g/mol. The minimum absolute atomic E-state index is 0.934. The van der Waals surface area contributed by atoms with Gasteiger partial charge in [0, 0.05) is 17.8 Å². The number of hydrogen-bond acceptors (Lipinski definition) is 0. The van der Waals surface area contributed by atoms with Crippen molar-refractivity contribution in [2.24, 2.45) is 0 Å². The van der Waals surface area contributed by atoms with Gasteiger partial charge in [0.2, 0.25) is 0 Å². The van der Waals surface area contributed by atoms with Gasteiger partial charge in [-0.15, -0.1) is 0 Å². The van der Waals surface area contributed by atoms with E-state index in [2.05, 4.69) is 89.2 Å². The first kappa shape index (κ1) is 11.7. The van der Waals surface area contributed by atoms with Crippen LogP contribution >= 0.6 is 77.0 Å². The third-order valence-corrected chi connectivity index (χ3v) is 4.72. The van der Waals surface area contributed by atoms with Gasteiger partial charge in [-0.25, -0.2) is 0 Å². The summed E-state index contributed by atoms with van der Waals surface area (Å²) >= 11 is 11.7. The van der Waals surface area contributed by atoms with Crippen LogP contribution in [0.3, 0.4) is 0 Å². The van der Waals surface area contributed by atoms with E-state index in [0.717, 1.165) is 10.7 Å². The molecule has 0 aliphatic carbocycles. The van der Waals surface area contributed by atoms with E-state index in [1.54, 1.807) is 0 Å². The Morgan fingerprint density at radius 3 is 1.50 bits per heavy atom. The summed E-state index contributed by atoms with van der Waals surface area (Å²) in [6, 6.07) is 4.46. The van der Waals surface area contributed by atoms with Crippen molar-refractivity contribution in [3.05, 3.63) is 30.4 Å². The zero-order chi connectivity index (χ0) is 9.14. The molecule has 4 heteroatoms. The highest BCUT2D eigenvalue weighted by Crippen LogP contribution is 2.23. The first-order valence-corrected chi connectivity index (χ1v) is 7.67. The molecule has 0 nitrogen and oxygen atoms in total. The fraction of sp³-hybridized carbons (Fsp3) is 0.250. The summed E-state index contributed by atoms with van der Waals surface area (Å²) in [5.74, 6) is 0. The minimum Gasteiger partial charge on any atom is -0.0876 e. The molecule has 0 N–H and O–H groups in total. The Morgan fingerprint density at radius 2 is 1.25 bits per heavy atom. The van der Waals surface area contributed by atoms with E-state index in [-0.39, 0.29) is 0 Å². The molecule has 0 spiro atoms. The molecule has 12 heavy (non-hydrogen) atoms. The topological polar surface area (TPSA) is 0 Å². The maximum Gasteiger partial charge on any atom is 0.0293 e. The van der Waals surface area contributed by atoms with Crippen molar-refractivity contribution in [3.63, 3.8) is 0 Å². The molecule has 0 atom stereocenters. The van der Waals surface area contributed by atoms with Crippen LogP contribution in [0.4, 0.5) is 0 Å². The third kappa shape index (κ3) is 2.81. The Bertz CT molecular complexity index is 257. The second-order valence-electron chi connectivity index (χ2n) is 2.30. The van der Waals surface area contributed by atoms with Crippen LogP contribution in [0, 0.1) is 7.14 Å². The van der Waals surface area contributed by atoms with E-state index >= 15 is 0 Å². The maximum atomic E-state index is 3.47. The van der Waals surface area contributed by atoms with Crippen molar-refractivity contribution >= 4 is 77.0 Å². The summed E-state index contributed by atoms with van der Waals surface area (Å²) < 4.78 is 2.67. The van der Waals surface area contributed by atoms with E-state index in [1.165, 1.54) is 18.3 Å². The largest absolute Gasteiger partial charge is 0.0876 e. The minimum atomic E-state index is 0.934. The first-order chi connectivity index (χ1) is 5.69. The lowest BCUT2D eigenvalue weighted by molar-refractivity contribution is 1.30. The Labute approximate surface area is 116 Å². The molecule has 0 heterocycles. The Morgan fingerprint density at radius 1 is 0.917 bits per heavy atom. The Balaban J connectivity index is 3.16. The summed E-state index contributed by atoms with van der Waals surface area (Å²) in [5.41, 5.74) is 2.73. The van der Waals surface area contributed by atoms with Crippen LogP contribution in [0.25, 0.3) is 0 Å². The summed E-state index contributed by atoms with van der Waals surface area (Å²) in [6.07, 6.45) is 0. The van der Waals surface area contributed by atoms with Crippen LogP contribution in [0.15, 0.2) is 12.1 Å². The van der Waals surface area contributed by atoms with E-state index in [1.807, 2.05) is 0 Å². The molecule has 0 saturated carbocycles. The molecular formula is C8H6Br2I2. The highest BCUT2D eigenvalue weighted by Gasteiger charge is 2.04. The first-order valence-electron chi connectivity index (χ1n) is 3.27. The van der Waals surface area contributed by atoms with Crippen molar-refractivity contribution in [1.29, 1.82) is 0 Å². The molecule has 0 fully saturated rings. The normalized spacial score (nSPS) is 10.3. The van der Waals surface area contributed by atoms with E-state index in [4.69, 9.17) is 0 Å². The molecule has 0 bridgehead atoms. The van der Waals surface area contributed by atoms with Crippen molar-refractivity contribution in [2.45, 2.75) is 10.7 Å². The lowest BCUT2D eigenvalue weighted by Gasteiger charge is -2.05. The number of hydrogen-bond donors (Lipinski definition) is 0. The smallest absolute Gasteiger partial charge is 0.0293 e. The zero-order valence-electron chi connectivity index (χ0n) is 6.08. The third-order valence-electron chi connectivity index (χ3n) is 1.50. The van der Waals surface area contributed by atoms with Crippen molar-refractivity contribution < 1.29 is 0 Å². The molecule has 1 rings (SSSR count). The summed E-state index contributed by atoms with van der Waals surface area (Å²) in [5, 5.41) is 1.87. The van der Waals surface area contributed by atoms with Crippen molar-refractivity contribution in [2.75, 3.05) is 0 Å². The second kappa shape index (κ2) is 5.50. The van der Waals surface area contributed by atoms with Crippen LogP contribution in [0.5, 0.6) is 0 Å². The summed E-state index contributed by atoms with van der Waals surface area (Å²) in [4.78, 5) is 0. The molecule has 0 aliphatic rings. The van der Waals surface area contributed by atoms with E-state index < -0.39 is 0 Å². The molecular weight excluding hydrogens is 510 g/mol. The standard InChI is InChI=1S/C8H6Br2I2/c9-3-5-1-7(11)6(4-10)2-8(5)12/h1-2H,3-4H2. The van der Waals surface area contributed by atoms with Gasteiger partial charge in [-0.3, -0.25) is 0 Å². The average Bonchev–Trinajstić information content (AvgIpc) is 2.08. The predicted molar refractivity (Wildman–Crippen MR) is 77.1 cm³/mol. The number of benzene rings is 1. The Hall–Kier alpha value is 1.64. The number of rotatable bonds is 2. The van der Waals surface area contributed by atoms with Gasteiger partial charge in [0.25, 0.3) is 0 Å². The van der Waals surface area contributed by atoms with E-state index in [0.29, 0.717) is 0 Å². The highest BCUT2D eigenvalue weighted by molar-refractivity contribution is 14.1. The number of halogens is 4. The Kier molecular flexibility index (Phi) is 5.37. The van der Waals surface area contributed by atoms with Gasteiger partial charge in [-0.1, -0.05) is 31.9 Å². The van der Waals surface area contributed by atoms with Crippen LogP contribution in [-0.2, 0) is 10.7 Å². The molecule has 0 aliphatic heterocycles. The van der Waals surface area contributed by atoms with Crippen molar-refractivity contribution in [1.82, 2.24) is 0 Å². The molecule has 0 unspecified atom stereocenters. The predicted octanol–water partition coefficient (Wildman–Crippen LogP) is 4.69. The zero-order valence-corrected chi connectivity index (χ0v) is 13.6. The summed E-state index contributed by atoms with van der Waals surface area (Å²) in [6.45, 7) is 0. The molecule has 1 aromatic carbocycles. The van der Waals surface area contributed by atoms with Gasteiger partial charge in [0.1, 0.15) is 0 Å². The second-order valence-corrected chi connectivity index (χ2v) is 5.75. The van der Waals surface area contributed by atoms with Gasteiger partial charge < -0.3 is 0 Å². The molecule has 0 amide bonds.